The van der Waals surface area contributed by atoms with Crippen LogP contribution in [0.5, 0.6) is 5.75 Å². The van der Waals surface area contributed by atoms with E-state index in [-0.39, 0.29) is 11.3 Å². The van der Waals surface area contributed by atoms with E-state index in [1.165, 1.54) is 31.3 Å². The van der Waals surface area contributed by atoms with Crippen LogP contribution in [-0.4, -0.2) is 36.0 Å². The summed E-state index contributed by atoms with van der Waals surface area (Å²) in [6, 6.07) is 4.06. The van der Waals surface area contributed by atoms with Gasteiger partial charge in [0.15, 0.2) is 6.04 Å². The molecule has 1 atom stereocenters. The zero-order valence-electron chi connectivity index (χ0n) is 9.42. The summed E-state index contributed by atoms with van der Waals surface area (Å²) < 4.78 is 28.6. The Labute approximate surface area is 102 Å². The highest BCUT2D eigenvalue weighted by molar-refractivity contribution is 5.79. The molecule has 1 N–H and O–H groups in total. The number of aliphatic carboxylic acids is 1. The van der Waals surface area contributed by atoms with Crippen LogP contribution in [0.15, 0.2) is 24.3 Å². The van der Waals surface area contributed by atoms with Crippen molar-refractivity contribution in [2.45, 2.75) is 12.7 Å². The van der Waals surface area contributed by atoms with Crippen molar-refractivity contribution < 1.29 is 28.2 Å². The van der Waals surface area contributed by atoms with Crippen molar-refractivity contribution in [3.05, 3.63) is 29.8 Å². The van der Waals surface area contributed by atoms with Gasteiger partial charge in [-0.25, -0.2) is 4.79 Å². The lowest BCUT2D eigenvalue weighted by atomic mass is 10.1. The lowest BCUT2D eigenvalue weighted by Crippen LogP contribution is -2.30. The van der Waals surface area contributed by atoms with Gasteiger partial charge in [-0.1, -0.05) is 18.2 Å². The van der Waals surface area contributed by atoms with Crippen molar-refractivity contribution in [3.8, 4) is 5.75 Å². The van der Waals surface area contributed by atoms with E-state index in [2.05, 4.69) is 4.74 Å². The first kappa shape index (κ1) is 13.9. The zero-order valence-corrected chi connectivity index (χ0v) is 9.42. The molecular formula is C11H11F2NO4. The Hall–Kier alpha value is -2.18. The van der Waals surface area contributed by atoms with E-state index in [9.17, 15) is 18.4 Å². The number of ether oxygens (including phenoxy) is 1. The monoisotopic (exact) mass is 259 g/mol. The summed E-state index contributed by atoms with van der Waals surface area (Å²) in [5, 5.41) is 9.04. The maximum atomic E-state index is 12.2. The number of rotatable bonds is 6. The van der Waals surface area contributed by atoms with E-state index < -0.39 is 18.6 Å². The molecule has 18 heavy (non-hydrogen) atoms. The van der Waals surface area contributed by atoms with Crippen LogP contribution in [0.3, 0.4) is 0 Å². The van der Waals surface area contributed by atoms with Crippen molar-refractivity contribution in [2.75, 3.05) is 7.05 Å². The van der Waals surface area contributed by atoms with Crippen LogP contribution < -0.4 is 4.74 Å². The number of alkyl halides is 2. The topological polar surface area (TPSA) is 66.8 Å². The molecule has 98 valence electrons. The number of hydrogen-bond acceptors (Lipinski definition) is 3. The maximum absolute atomic E-state index is 12.2. The molecule has 0 radical (unpaired) electrons. The van der Waals surface area contributed by atoms with Gasteiger partial charge in [0.2, 0.25) is 6.41 Å². The number of amides is 1. The standard InChI is InChI=1S/C11H11F2NO4/c1-14(6-15)9(10(16)17)7-4-2-3-5-8(7)18-11(12)13/h2-6,9,11H,1H3,(H,16,17). The largest absolute Gasteiger partial charge is 0.479 e. The van der Waals surface area contributed by atoms with E-state index in [0.717, 1.165) is 4.90 Å². The summed E-state index contributed by atoms with van der Waals surface area (Å²) >= 11 is 0. The van der Waals surface area contributed by atoms with E-state index in [4.69, 9.17) is 5.11 Å². The van der Waals surface area contributed by atoms with Crippen LogP contribution in [0.25, 0.3) is 0 Å². The second-order valence-corrected chi connectivity index (χ2v) is 3.43. The Bertz CT molecular complexity index is 439. The first-order valence-corrected chi connectivity index (χ1v) is 4.91. The van der Waals surface area contributed by atoms with Crippen LogP contribution in [0.4, 0.5) is 8.78 Å². The van der Waals surface area contributed by atoms with Gasteiger partial charge in [-0.15, -0.1) is 0 Å². The molecule has 0 spiro atoms. The highest BCUT2D eigenvalue weighted by Crippen LogP contribution is 2.29. The summed E-state index contributed by atoms with van der Waals surface area (Å²) in [4.78, 5) is 22.6. The predicted molar refractivity (Wildman–Crippen MR) is 57.3 cm³/mol. The molecule has 0 aromatic heterocycles. The van der Waals surface area contributed by atoms with Crippen LogP contribution in [0.2, 0.25) is 0 Å². The van der Waals surface area contributed by atoms with Gasteiger partial charge >= 0.3 is 12.6 Å². The zero-order chi connectivity index (χ0) is 13.7. The van der Waals surface area contributed by atoms with Gasteiger partial charge in [-0.2, -0.15) is 8.78 Å². The summed E-state index contributed by atoms with van der Waals surface area (Å²) in [6.45, 7) is -3.07. The third-order valence-corrected chi connectivity index (χ3v) is 2.24. The third kappa shape index (κ3) is 3.16. The normalized spacial score (nSPS) is 12.0. The molecule has 1 aromatic carbocycles. The molecule has 1 amide bonds. The first-order chi connectivity index (χ1) is 8.47. The van der Waals surface area contributed by atoms with Gasteiger partial charge in [0.1, 0.15) is 5.75 Å². The Morgan fingerprint density at radius 2 is 2.06 bits per heavy atom. The van der Waals surface area contributed by atoms with Crippen molar-refractivity contribution in [1.29, 1.82) is 0 Å². The van der Waals surface area contributed by atoms with E-state index in [1.54, 1.807) is 0 Å². The summed E-state index contributed by atoms with van der Waals surface area (Å²) in [5.74, 6) is -1.61. The van der Waals surface area contributed by atoms with Crippen molar-refractivity contribution in [3.63, 3.8) is 0 Å². The smallest absolute Gasteiger partial charge is 0.387 e. The molecule has 0 fully saturated rings. The number of likely N-dealkylation sites (N-methyl/N-ethyl adjacent to an activating group) is 1. The van der Waals surface area contributed by atoms with Gasteiger partial charge in [0, 0.05) is 12.6 Å². The molecule has 0 aliphatic rings. The fourth-order valence-corrected chi connectivity index (χ4v) is 1.50. The molecule has 0 aliphatic carbocycles. The Morgan fingerprint density at radius 1 is 1.44 bits per heavy atom. The molecular weight excluding hydrogens is 248 g/mol. The second kappa shape index (κ2) is 5.95. The summed E-state index contributed by atoms with van der Waals surface area (Å²) in [7, 11) is 1.24. The third-order valence-electron chi connectivity index (χ3n) is 2.24. The Morgan fingerprint density at radius 3 is 2.56 bits per heavy atom. The molecule has 0 heterocycles. The molecule has 0 saturated heterocycles. The highest BCUT2D eigenvalue weighted by Gasteiger charge is 2.27. The highest BCUT2D eigenvalue weighted by atomic mass is 19.3. The average molecular weight is 259 g/mol. The fourth-order valence-electron chi connectivity index (χ4n) is 1.50. The van der Waals surface area contributed by atoms with Gasteiger partial charge in [0.05, 0.1) is 0 Å². The number of nitrogens with zero attached hydrogens (tertiary/aromatic N) is 1. The van der Waals surface area contributed by atoms with Crippen molar-refractivity contribution in [1.82, 2.24) is 4.90 Å². The quantitative estimate of drug-likeness (QED) is 0.786. The minimum Gasteiger partial charge on any atom is -0.479 e. The Kier molecular flexibility index (Phi) is 4.59. The molecule has 5 nitrogen and oxygen atoms in total. The number of hydrogen-bond donors (Lipinski definition) is 1. The predicted octanol–water partition coefficient (Wildman–Crippen LogP) is 1.50. The number of carbonyl (C=O) groups excluding carboxylic acids is 1. The van der Waals surface area contributed by atoms with Crippen LogP contribution in [0, 0.1) is 0 Å². The molecule has 0 bridgehead atoms. The average Bonchev–Trinajstić information content (AvgIpc) is 2.30. The summed E-state index contributed by atoms with van der Waals surface area (Å²) in [5.41, 5.74) is -0.0140. The second-order valence-electron chi connectivity index (χ2n) is 3.43. The van der Waals surface area contributed by atoms with E-state index in [0.29, 0.717) is 6.41 Å². The molecule has 0 aliphatic heterocycles. The van der Waals surface area contributed by atoms with Crippen LogP contribution in [0.1, 0.15) is 11.6 Å². The first-order valence-electron chi connectivity index (χ1n) is 4.91. The van der Waals surface area contributed by atoms with Gasteiger partial charge < -0.3 is 14.7 Å². The Balaban J connectivity index is 3.19. The van der Waals surface area contributed by atoms with Gasteiger partial charge in [-0.05, 0) is 6.07 Å². The fraction of sp³-hybridized carbons (Fsp3) is 0.273. The molecule has 7 heteroatoms. The van der Waals surface area contributed by atoms with E-state index >= 15 is 0 Å². The van der Waals surface area contributed by atoms with Crippen LogP contribution in [-0.2, 0) is 9.59 Å². The maximum Gasteiger partial charge on any atom is 0.387 e. The van der Waals surface area contributed by atoms with Crippen LogP contribution >= 0.6 is 0 Å². The number of benzene rings is 1. The molecule has 1 unspecified atom stereocenters. The molecule has 1 aromatic rings. The van der Waals surface area contributed by atoms with Crippen molar-refractivity contribution in [2.24, 2.45) is 0 Å². The lowest BCUT2D eigenvalue weighted by Gasteiger charge is -2.22. The lowest BCUT2D eigenvalue weighted by molar-refractivity contribution is -0.146. The number of halogens is 2. The molecule has 1 rings (SSSR count). The van der Waals surface area contributed by atoms with Crippen molar-refractivity contribution >= 4 is 12.4 Å². The summed E-state index contributed by atoms with van der Waals surface area (Å²) in [6.07, 6.45) is 0.304. The number of carboxylic acid groups (broad SMARTS) is 1. The minimum atomic E-state index is -3.07. The van der Waals surface area contributed by atoms with E-state index in [1.807, 2.05) is 0 Å². The molecule has 0 saturated carbocycles. The number of carbonyl (C=O) groups is 2. The number of carboxylic acids is 1. The van der Waals surface area contributed by atoms with Gasteiger partial charge in [-0.3, -0.25) is 4.79 Å². The minimum absolute atomic E-state index is 0.0140. The number of para-hydroxylation sites is 1. The SMILES string of the molecule is CN(C=O)C(C(=O)O)c1ccccc1OC(F)F. The van der Waals surface area contributed by atoms with Gasteiger partial charge in [0.25, 0.3) is 0 Å².